The third-order valence-corrected chi connectivity index (χ3v) is 3.73. The van der Waals surface area contributed by atoms with Gasteiger partial charge in [-0.05, 0) is 26.3 Å². The largest absolute Gasteiger partial charge is 0.465 e. The molecule has 2 fully saturated rings. The SMILES string of the molecule is CCOC(=O)C1CCCN1CCN1CCOCC1. The first-order valence-electron chi connectivity index (χ1n) is 7.02. The fourth-order valence-electron chi connectivity index (χ4n) is 2.69. The number of hydrogen-bond acceptors (Lipinski definition) is 5. The first kappa shape index (κ1) is 13.8. The minimum atomic E-state index is -0.0445. The summed E-state index contributed by atoms with van der Waals surface area (Å²) >= 11 is 0. The Morgan fingerprint density at radius 3 is 2.78 bits per heavy atom. The van der Waals surface area contributed by atoms with Crippen LogP contribution in [0.25, 0.3) is 0 Å². The lowest BCUT2D eigenvalue weighted by Gasteiger charge is -2.30. The highest BCUT2D eigenvalue weighted by molar-refractivity contribution is 5.76. The maximum absolute atomic E-state index is 11.8. The van der Waals surface area contributed by atoms with Crippen LogP contribution in [0, 0.1) is 0 Å². The molecule has 0 aliphatic carbocycles. The van der Waals surface area contributed by atoms with Crippen molar-refractivity contribution < 1.29 is 14.3 Å². The smallest absolute Gasteiger partial charge is 0.323 e. The summed E-state index contributed by atoms with van der Waals surface area (Å²) < 4.78 is 10.5. The van der Waals surface area contributed by atoms with Gasteiger partial charge in [0.1, 0.15) is 6.04 Å². The van der Waals surface area contributed by atoms with E-state index < -0.39 is 0 Å². The summed E-state index contributed by atoms with van der Waals surface area (Å²) in [5.41, 5.74) is 0. The first-order valence-corrected chi connectivity index (χ1v) is 7.02. The number of hydrogen-bond donors (Lipinski definition) is 0. The summed E-state index contributed by atoms with van der Waals surface area (Å²) in [7, 11) is 0. The number of carbonyl (C=O) groups is 1. The Kier molecular flexibility index (Phi) is 5.41. The molecule has 0 aromatic carbocycles. The van der Waals surface area contributed by atoms with Gasteiger partial charge in [-0.1, -0.05) is 0 Å². The van der Waals surface area contributed by atoms with E-state index in [1.807, 2.05) is 6.92 Å². The zero-order valence-corrected chi connectivity index (χ0v) is 11.3. The van der Waals surface area contributed by atoms with Crippen LogP contribution in [0.1, 0.15) is 19.8 Å². The van der Waals surface area contributed by atoms with Crippen molar-refractivity contribution >= 4 is 5.97 Å². The Hall–Kier alpha value is -0.650. The van der Waals surface area contributed by atoms with Gasteiger partial charge >= 0.3 is 5.97 Å². The third-order valence-electron chi connectivity index (χ3n) is 3.73. The fourth-order valence-corrected chi connectivity index (χ4v) is 2.69. The molecule has 18 heavy (non-hydrogen) atoms. The van der Waals surface area contributed by atoms with Crippen LogP contribution in [-0.2, 0) is 14.3 Å². The Morgan fingerprint density at radius 2 is 2.06 bits per heavy atom. The van der Waals surface area contributed by atoms with Crippen LogP contribution < -0.4 is 0 Å². The minimum Gasteiger partial charge on any atom is -0.465 e. The van der Waals surface area contributed by atoms with Crippen molar-refractivity contribution in [1.29, 1.82) is 0 Å². The first-order chi connectivity index (χ1) is 8.81. The summed E-state index contributed by atoms with van der Waals surface area (Å²) in [6.45, 7) is 9.05. The van der Waals surface area contributed by atoms with Gasteiger partial charge in [-0.15, -0.1) is 0 Å². The molecule has 0 aromatic rings. The number of esters is 1. The Labute approximate surface area is 109 Å². The molecule has 1 unspecified atom stereocenters. The predicted molar refractivity (Wildman–Crippen MR) is 68.5 cm³/mol. The minimum absolute atomic E-state index is 0.00834. The molecule has 104 valence electrons. The van der Waals surface area contributed by atoms with E-state index in [0.717, 1.165) is 58.8 Å². The van der Waals surface area contributed by atoms with Gasteiger partial charge in [-0.2, -0.15) is 0 Å². The molecule has 0 radical (unpaired) electrons. The molecule has 0 aromatic heterocycles. The van der Waals surface area contributed by atoms with Crippen LogP contribution in [0.3, 0.4) is 0 Å². The van der Waals surface area contributed by atoms with Gasteiger partial charge in [-0.25, -0.2) is 0 Å². The highest BCUT2D eigenvalue weighted by atomic mass is 16.5. The summed E-state index contributed by atoms with van der Waals surface area (Å²) in [6, 6.07) is -0.00834. The van der Waals surface area contributed by atoms with E-state index in [4.69, 9.17) is 9.47 Å². The zero-order chi connectivity index (χ0) is 12.8. The lowest BCUT2D eigenvalue weighted by atomic mass is 10.2. The molecule has 2 aliphatic rings. The van der Waals surface area contributed by atoms with Crippen LogP contribution in [-0.4, -0.2) is 74.4 Å². The number of nitrogens with zero attached hydrogens (tertiary/aromatic N) is 2. The number of morpholine rings is 1. The molecule has 2 saturated heterocycles. The molecular weight excluding hydrogens is 232 g/mol. The third kappa shape index (κ3) is 3.67. The molecule has 2 rings (SSSR count). The van der Waals surface area contributed by atoms with Crippen molar-refractivity contribution in [3.63, 3.8) is 0 Å². The van der Waals surface area contributed by atoms with E-state index >= 15 is 0 Å². The van der Waals surface area contributed by atoms with E-state index in [0.29, 0.717) is 6.61 Å². The van der Waals surface area contributed by atoms with E-state index in [1.54, 1.807) is 0 Å². The quantitative estimate of drug-likeness (QED) is 0.664. The molecule has 5 nitrogen and oxygen atoms in total. The van der Waals surface area contributed by atoms with E-state index in [2.05, 4.69) is 9.80 Å². The lowest BCUT2D eigenvalue weighted by molar-refractivity contribution is -0.148. The summed E-state index contributed by atoms with van der Waals surface area (Å²) in [5.74, 6) is -0.0445. The second-order valence-corrected chi connectivity index (χ2v) is 4.90. The number of likely N-dealkylation sites (tertiary alicyclic amines) is 1. The highest BCUT2D eigenvalue weighted by Gasteiger charge is 2.31. The average molecular weight is 256 g/mol. The van der Waals surface area contributed by atoms with Crippen molar-refractivity contribution in [3.05, 3.63) is 0 Å². The molecule has 2 heterocycles. The topological polar surface area (TPSA) is 42.0 Å². The van der Waals surface area contributed by atoms with Crippen molar-refractivity contribution in [2.24, 2.45) is 0 Å². The van der Waals surface area contributed by atoms with Crippen LogP contribution in [0.5, 0.6) is 0 Å². The van der Waals surface area contributed by atoms with Crippen LogP contribution in [0.4, 0.5) is 0 Å². The Balaban J connectivity index is 1.75. The van der Waals surface area contributed by atoms with Crippen molar-refractivity contribution in [2.75, 3.05) is 52.5 Å². The van der Waals surface area contributed by atoms with Gasteiger partial charge in [-0.3, -0.25) is 14.6 Å². The molecule has 1 atom stereocenters. The van der Waals surface area contributed by atoms with Crippen LogP contribution in [0.2, 0.25) is 0 Å². The van der Waals surface area contributed by atoms with Gasteiger partial charge in [0.2, 0.25) is 0 Å². The molecule has 2 aliphatic heterocycles. The summed E-state index contributed by atoms with van der Waals surface area (Å²) in [4.78, 5) is 16.5. The van der Waals surface area contributed by atoms with E-state index in [1.165, 1.54) is 0 Å². The molecule has 0 saturated carbocycles. The molecule has 0 spiro atoms. The summed E-state index contributed by atoms with van der Waals surface area (Å²) in [6.07, 6.45) is 2.05. The second kappa shape index (κ2) is 7.07. The number of ether oxygens (including phenoxy) is 2. The van der Waals surface area contributed by atoms with Crippen molar-refractivity contribution in [2.45, 2.75) is 25.8 Å². The molecule has 5 heteroatoms. The zero-order valence-electron chi connectivity index (χ0n) is 11.3. The Bertz CT molecular complexity index is 267. The molecule has 0 amide bonds. The number of rotatable bonds is 5. The van der Waals surface area contributed by atoms with Gasteiger partial charge in [0, 0.05) is 26.2 Å². The van der Waals surface area contributed by atoms with E-state index in [9.17, 15) is 4.79 Å². The normalized spacial score (nSPS) is 26.4. The maximum Gasteiger partial charge on any atom is 0.323 e. The lowest BCUT2D eigenvalue weighted by Crippen LogP contribution is -2.44. The number of carbonyl (C=O) groups excluding carboxylic acids is 1. The second-order valence-electron chi connectivity index (χ2n) is 4.90. The molecule has 0 N–H and O–H groups in total. The molecule has 0 bridgehead atoms. The van der Waals surface area contributed by atoms with Gasteiger partial charge < -0.3 is 9.47 Å². The highest BCUT2D eigenvalue weighted by Crippen LogP contribution is 2.18. The standard InChI is InChI=1S/C13H24N2O3/c1-2-18-13(16)12-4-3-5-15(12)7-6-14-8-10-17-11-9-14/h12H,2-11H2,1H3. The Morgan fingerprint density at radius 1 is 1.28 bits per heavy atom. The van der Waals surface area contributed by atoms with E-state index in [-0.39, 0.29) is 12.0 Å². The molecular formula is C13H24N2O3. The van der Waals surface area contributed by atoms with Gasteiger partial charge in [0.15, 0.2) is 0 Å². The maximum atomic E-state index is 11.8. The predicted octanol–water partition coefficient (Wildman–Crippen LogP) is 0.346. The monoisotopic (exact) mass is 256 g/mol. The van der Waals surface area contributed by atoms with Crippen molar-refractivity contribution in [1.82, 2.24) is 9.80 Å². The fraction of sp³-hybridized carbons (Fsp3) is 0.923. The summed E-state index contributed by atoms with van der Waals surface area (Å²) in [5, 5.41) is 0. The van der Waals surface area contributed by atoms with Crippen LogP contribution >= 0.6 is 0 Å². The average Bonchev–Trinajstić information content (AvgIpc) is 2.86. The van der Waals surface area contributed by atoms with Gasteiger partial charge in [0.05, 0.1) is 19.8 Å². The van der Waals surface area contributed by atoms with Gasteiger partial charge in [0.25, 0.3) is 0 Å². The van der Waals surface area contributed by atoms with Crippen LogP contribution in [0.15, 0.2) is 0 Å². The van der Waals surface area contributed by atoms with Crippen molar-refractivity contribution in [3.8, 4) is 0 Å².